The molecule has 8 heteroatoms. The van der Waals surface area contributed by atoms with Gasteiger partial charge in [0.05, 0.1) is 10.3 Å². The molecule has 4 bridgehead atoms. The van der Waals surface area contributed by atoms with E-state index in [0.29, 0.717) is 37.6 Å². The number of sulfonamides is 1. The zero-order valence-corrected chi connectivity index (χ0v) is 19.8. The highest BCUT2D eigenvalue weighted by molar-refractivity contribution is 7.89. The van der Waals surface area contributed by atoms with E-state index in [1.54, 1.807) is 17.0 Å². The average molecular weight is 460 g/mol. The van der Waals surface area contributed by atoms with Gasteiger partial charge in [-0.3, -0.25) is 9.59 Å². The summed E-state index contributed by atoms with van der Waals surface area (Å²) in [6, 6.07) is 6.22. The van der Waals surface area contributed by atoms with Gasteiger partial charge in [0.15, 0.2) is 0 Å². The molecule has 4 aliphatic carbocycles. The highest BCUT2D eigenvalue weighted by Gasteiger charge is 2.55. The molecule has 6 rings (SSSR count). The maximum absolute atomic E-state index is 13.6. The number of hydrogen-bond donors (Lipinski definition) is 0. The number of carbonyl (C=O) groups is 2. The van der Waals surface area contributed by atoms with Gasteiger partial charge >= 0.3 is 0 Å². The summed E-state index contributed by atoms with van der Waals surface area (Å²) in [5.41, 5.74) is 0.226. The smallest absolute Gasteiger partial charge is 0.254 e. The molecular formula is C24H33N3O4S. The Kier molecular flexibility index (Phi) is 5.36. The molecule has 1 aromatic carbocycles. The first kappa shape index (κ1) is 21.9. The summed E-state index contributed by atoms with van der Waals surface area (Å²) in [5.74, 6) is 2.35. The van der Waals surface area contributed by atoms with Gasteiger partial charge in [-0.2, -0.15) is 0 Å². The number of nitrogens with zero attached hydrogens (tertiary/aromatic N) is 3. The van der Waals surface area contributed by atoms with Crippen LogP contribution in [-0.2, 0) is 14.8 Å². The Balaban J connectivity index is 1.25. The maximum atomic E-state index is 13.6. The standard InChI is InChI=1S/C24H33N3O4S/c1-25(2)32(30,31)21-5-3-4-20(13-21)22(28)26-6-8-27(9-7-26)23(29)24-14-17-10-18(15-24)12-19(11-17)16-24/h3-5,13,17-19H,6-12,14-16H2,1-2H3. The van der Waals surface area contributed by atoms with Gasteiger partial charge in [0.1, 0.15) is 0 Å². The van der Waals surface area contributed by atoms with E-state index >= 15 is 0 Å². The molecule has 4 saturated carbocycles. The molecule has 0 atom stereocenters. The topological polar surface area (TPSA) is 78.0 Å². The van der Waals surface area contributed by atoms with Crippen LogP contribution in [0.1, 0.15) is 48.9 Å². The van der Waals surface area contributed by atoms with E-state index in [-0.39, 0.29) is 16.2 Å². The van der Waals surface area contributed by atoms with Crippen molar-refractivity contribution in [2.45, 2.75) is 43.4 Å². The van der Waals surface area contributed by atoms with E-state index in [1.807, 2.05) is 4.90 Å². The van der Waals surface area contributed by atoms with Gasteiger partial charge in [0, 0.05) is 45.8 Å². The lowest BCUT2D eigenvalue weighted by Gasteiger charge is -2.57. The monoisotopic (exact) mass is 459 g/mol. The van der Waals surface area contributed by atoms with Crippen LogP contribution >= 0.6 is 0 Å². The summed E-state index contributed by atoms with van der Waals surface area (Å²) < 4.78 is 26.0. The highest BCUT2D eigenvalue weighted by Crippen LogP contribution is 2.60. The average Bonchev–Trinajstić information content (AvgIpc) is 2.77. The third-order valence-electron chi connectivity index (χ3n) is 8.21. The maximum Gasteiger partial charge on any atom is 0.254 e. The van der Waals surface area contributed by atoms with Gasteiger partial charge in [0.25, 0.3) is 5.91 Å². The first-order valence-corrected chi connectivity index (χ1v) is 13.2. The molecule has 7 nitrogen and oxygen atoms in total. The van der Waals surface area contributed by atoms with E-state index in [0.717, 1.165) is 41.3 Å². The zero-order valence-electron chi connectivity index (χ0n) is 19.0. The van der Waals surface area contributed by atoms with Crippen molar-refractivity contribution >= 4 is 21.8 Å². The molecule has 1 aromatic rings. The minimum atomic E-state index is -3.60. The van der Waals surface area contributed by atoms with Gasteiger partial charge in [-0.25, -0.2) is 12.7 Å². The third kappa shape index (κ3) is 3.65. The van der Waals surface area contributed by atoms with Crippen molar-refractivity contribution < 1.29 is 18.0 Å². The molecule has 5 fully saturated rings. The molecule has 1 aliphatic heterocycles. The second-order valence-electron chi connectivity index (χ2n) is 10.6. The summed E-state index contributed by atoms with van der Waals surface area (Å²) in [4.78, 5) is 30.5. The molecule has 2 amide bonds. The van der Waals surface area contributed by atoms with Gasteiger partial charge < -0.3 is 9.80 Å². The second-order valence-corrected chi connectivity index (χ2v) is 12.7. The lowest BCUT2D eigenvalue weighted by Crippen LogP contribution is -2.58. The van der Waals surface area contributed by atoms with Crippen molar-refractivity contribution in [3.05, 3.63) is 29.8 Å². The van der Waals surface area contributed by atoms with Gasteiger partial charge in [-0.1, -0.05) is 6.07 Å². The van der Waals surface area contributed by atoms with Crippen LogP contribution in [0.2, 0.25) is 0 Å². The quantitative estimate of drug-likeness (QED) is 0.693. The minimum absolute atomic E-state index is 0.115. The summed E-state index contributed by atoms with van der Waals surface area (Å²) in [7, 11) is -0.644. The lowest BCUT2D eigenvalue weighted by atomic mass is 9.49. The predicted molar refractivity (Wildman–Crippen MR) is 120 cm³/mol. The van der Waals surface area contributed by atoms with E-state index < -0.39 is 10.0 Å². The van der Waals surface area contributed by atoms with Crippen LogP contribution in [0.4, 0.5) is 0 Å². The Morgan fingerprint density at radius 1 is 0.906 bits per heavy atom. The molecule has 1 heterocycles. The number of piperazine rings is 1. The van der Waals surface area contributed by atoms with Crippen LogP contribution in [0.15, 0.2) is 29.2 Å². The van der Waals surface area contributed by atoms with E-state index in [4.69, 9.17) is 0 Å². The second kappa shape index (κ2) is 7.83. The van der Waals surface area contributed by atoms with E-state index in [1.165, 1.54) is 45.5 Å². The van der Waals surface area contributed by atoms with E-state index in [9.17, 15) is 18.0 Å². The number of carbonyl (C=O) groups excluding carboxylic acids is 2. The summed E-state index contributed by atoms with van der Waals surface area (Å²) in [6.45, 7) is 2.09. The lowest BCUT2D eigenvalue weighted by molar-refractivity contribution is -0.159. The van der Waals surface area contributed by atoms with Crippen LogP contribution in [0, 0.1) is 23.2 Å². The molecule has 0 aromatic heterocycles. The first-order chi connectivity index (χ1) is 15.2. The fourth-order valence-corrected chi connectivity index (χ4v) is 7.95. The largest absolute Gasteiger partial charge is 0.339 e. The van der Waals surface area contributed by atoms with Crippen LogP contribution in [0.25, 0.3) is 0 Å². The van der Waals surface area contributed by atoms with Crippen LogP contribution in [-0.4, -0.2) is 74.6 Å². The predicted octanol–water partition coefficient (Wildman–Crippen LogP) is 2.44. The summed E-state index contributed by atoms with van der Waals surface area (Å²) in [6.07, 6.45) is 7.13. The van der Waals surface area contributed by atoms with Crippen molar-refractivity contribution in [2.75, 3.05) is 40.3 Å². The Labute approximate surface area is 190 Å². The number of rotatable bonds is 4. The van der Waals surface area contributed by atoms with Crippen molar-refractivity contribution in [3.63, 3.8) is 0 Å². The molecule has 0 radical (unpaired) electrons. The molecule has 32 heavy (non-hydrogen) atoms. The Bertz CT molecular complexity index is 992. The number of amides is 2. The third-order valence-corrected chi connectivity index (χ3v) is 10.0. The van der Waals surface area contributed by atoms with Gasteiger partial charge in [-0.05, 0) is 74.5 Å². The van der Waals surface area contributed by atoms with Gasteiger partial charge in [-0.15, -0.1) is 0 Å². The Hall–Kier alpha value is -1.93. The van der Waals surface area contributed by atoms with Crippen molar-refractivity contribution in [1.82, 2.24) is 14.1 Å². The van der Waals surface area contributed by atoms with Crippen molar-refractivity contribution in [3.8, 4) is 0 Å². The van der Waals surface area contributed by atoms with Crippen LogP contribution in [0.5, 0.6) is 0 Å². The number of hydrogen-bond acceptors (Lipinski definition) is 4. The molecule has 174 valence electrons. The normalized spacial score (nSPS) is 31.9. The minimum Gasteiger partial charge on any atom is -0.339 e. The Morgan fingerprint density at radius 3 is 1.97 bits per heavy atom. The first-order valence-electron chi connectivity index (χ1n) is 11.8. The van der Waals surface area contributed by atoms with E-state index in [2.05, 4.69) is 0 Å². The Morgan fingerprint density at radius 2 is 1.44 bits per heavy atom. The SMILES string of the molecule is CN(C)S(=O)(=O)c1cccc(C(=O)N2CCN(C(=O)C34CC5CC(CC(C5)C3)C4)CC2)c1. The molecular weight excluding hydrogens is 426 g/mol. The van der Waals surface area contributed by atoms with Gasteiger partial charge in [0.2, 0.25) is 15.9 Å². The summed E-state index contributed by atoms with van der Waals surface area (Å²) >= 11 is 0. The van der Waals surface area contributed by atoms with Crippen molar-refractivity contribution in [1.29, 1.82) is 0 Å². The molecule has 0 unspecified atom stereocenters. The molecule has 5 aliphatic rings. The van der Waals surface area contributed by atoms with Crippen LogP contribution < -0.4 is 0 Å². The molecule has 1 saturated heterocycles. The highest BCUT2D eigenvalue weighted by atomic mass is 32.2. The molecule has 0 spiro atoms. The fourth-order valence-electron chi connectivity index (χ4n) is 7.00. The summed E-state index contributed by atoms with van der Waals surface area (Å²) in [5, 5.41) is 0. The van der Waals surface area contributed by atoms with Crippen LogP contribution in [0.3, 0.4) is 0 Å². The number of benzene rings is 1. The fraction of sp³-hybridized carbons (Fsp3) is 0.667. The zero-order chi connectivity index (χ0) is 22.7. The van der Waals surface area contributed by atoms with Crippen molar-refractivity contribution in [2.24, 2.45) is 23.2 Å². The molecule has 0 N–H and O–H groups in total.